The van der Waals surface area contributed by atoms with Crippen LogP contribution in [-0.4, -0.2) is 27.0 Å². The number of esters is 1. The SMILES string of the molecule is CC(=O)O[C@H]1C[C@H]2[C@@H]3CCC[C@@]3(CO[Si](C)(C)C(C)(C)C)CC[C@@H]2[C@@]2(C)CCCCC12. The van der Waals surface area contributed by atoms with E-state index in [-0.39, 0.29) is 17.1 Å². The minimum absolute atomic E-state index is 0.0777. The maximum Gasteiger partial charge on any atom is 0.302 e. The quantitative estimate of drug-likeness (QED) is 0.333. The van der Waals surface area contributed by atoms with Crippen LogP contribution < -0.4 is 0 Å². The fourth-order valence-electron chi connectivity index (χ4n) is 8.25. The number of carbonyl (C=O) groups excluding carboxylic acids is 1. The van der Waals surface area contributed by atoms with Crippen LogP contribution in [0.25, 0.3) is 0 Å². The largest absolute Gasteiger partial charge is 0.462 e. The summed E-state index contributed by atoms with van der Waals surface area (Å²) in [5.74, 6) is 2.78. The number of rotatable bonds is 4. The topological polar surface area (TPSA) is 35.5 Å². The Bertz CT molecular complexity index is 682. The Balaban J connectivity index is 1.59. The average Bonchev–Trinajstić information content (AvgIpc) is 3.10. The Morgan fingerprint density at radius 1 is 0.968 bits per heavy atom. The maximum absolute atomic E-state index is 12.0. The highest BCUT2D eigenvalue weighted by Gasteiger charge is 2.61. The van der Waals surface area contributed by atoms with Crippen LogP contribution in [-0.2, 0) is 14.0 Å². The van der Waals surface area contributed by atoms with Gasteiger partial charge in [0.1, 0.15) is 6.10 Å². The lowest BCUT2D eigenvalue weighted by atomic mass is 9.44. The molecular weight excluding hydrogens is 400 g/mol. The molecule has 0 aromatic carbocycles. The zero-order valence-electron chi connectivity index (χ0n) is 21.4. The first-order chi connectivity index (χ1) is 14.4. The van der Waals surface area contributed by atoms with E-state index in [0.29, 0.717) is 22.7 Å². The minimum atomic E-state index is -1.75. The van der Waals surface area contributed by atoms with Gasteiger partial charge in [0.05, 0.1) is 0 Å². The summed E-state index contributed by atoms with van der Waals surface area (Å²) >= 11 is 0. The average molecular weight is 449 g/mol. The van der Waals surface area contributed by atoms with E-state index in [1.165, 1.54) is 57.8 Å². The standard InChI is InChI=1S/C27H48O3Si/c1-19(28)30-24-17-20-21(26(5)14-9-8-11-23(24)26)13-16-27(15-10-12-22(20)27)18-29-31(6,7)25(2,3)4/h20-24H,8-18H2,1-7H3/t20-,21+,22+,23?,24+,26-,27+/m1/s1. The van der Waals surface area contributed by atoms with Crippen molar-refractivity contribution in [3.63, 3.8) is 0 Å². The van der Waals surface area contributed by atoms with Crippen molar-refractivity contribution in [1.29, 1.82) is 0 Å². The second-order valence-corrected chi connectivity index (χ2v) is 18.3. The van der Waals surface area contributed by atoms with Gasteiger partial charge < -0.3 is 9.16 Å². The highest BCUT2D eigenvalue weighted by Crippen LogP contribution is 2.66. The molecule has 3 nitrogen and oxygen atoms in total. The number of ether oxygens (including phenoxy) is 1. The van der Waals surface area contributed by atoms with Gasteiger partial charge >= 0.3 is 5.97 Å². The van der Waals surface area contributed by atoms with Gasteiger partial charge in [0, 0.05) is 19.4 Å². The molecule has 4 aliphatic rings. The lowest BCUT2D eigenvalue weighted by Crippen LogP contribution is -2.58. The summed E-state index contributed by atoms with van der Waals surface area (Å²) in [5.41, 5.74) is 0.728. The van der Waals surface area contributed by atoms with E-state index in [1.54, 1.807) is 6.92 Å². The van der Waals surface area contributed by atoms with Crippen molar-refractivity contribution in [3.8, 4) is 0 Å². The summed E-state index contributed by atoms with van der Waals surface area (Å²) in [5, 5.41) is 0.267. The van der Waals surface area contributed by atoms with Gasteiger partial charge in [-0.3, -0.25) is 4.79 Å². The van der Waals surface area contributed by atoms with Crippen molar-refractivity contribution < 1.29 is 14.0 Å². The van der Waals surface area contributed by atoms with Gasteiger partial charge in [-0.15, -0.1) is 0 Å². The van der Waals surface area contributed by atoms with E-state index in [2.05, 4.69) is 40.8 Å². The van der Waals surface area contributed by atoms with Crippen LogP contribution in [0.2, 0.25) is 18.1 Å². The predicted molar refractivity (Wildman–Crippen MR) is 129 cm³/mol. The monoisotopic (exact) mass is 448 g/mol. The molecule has 4 rings (SSSR count). The zero-order chi connectivity index (χ0) is 22.7. The van der Waals surface area contributed by atoms with Crippen molar-refractivity contribution in [2.45, 2.75) is 123 Å². The fraction of sp³-hybridized carbons (Fsp3) is 0.963. The van der Waals surface area contributed by atoms with Gasteiger partial charge in [0.25, 0.3) is 0 Å². The van der Waals surface area contributed by atoms with Crippen molar-refractivity contribution in [1.82, 2.24) is 0 Å². The summed E-state index contributed by atoms with van der Waals surface area (Å²) in [4.78, 5) is 12.0. The molecule has 31 heavy (non-hydrogen) atoms. The van der Waals surface area contributed by atoms with E-state index >= 15 is 0 Å². The van der Waals surface area contributed by atoms with Crippen LogP contribution in [0.3, 0.4) is 0 Å². The van der Waals surface area contributed by atoms with E-state index in [1.807, 2.05) is 0 Å². The molecule has 0 N–H and O–H groups in total. The van der Waals surface area contributed by atoms with Gasteiger partial charge in [0.15, 0.2) is 8.32 Å². The van der Waals surface area contributed by atoms with E-state index in [0.717, 1.165) is 24.9 Å². The molecule has 7 atom stereocenters. The molecule has 1 unspecified atom stereocenters. The predicted octanol–water partition coefficient (Wildman–Crippen LogP) is 7.35. The van der Waals surface area contributed by atoms with Gasteiger partial charge in [0.2, 0.25) is 0 Å². The molecule has 4 aliphatic carbocycles. The Labute approximate surface area is 192 Å². The zero-order valence-corrected chi connectivity index (χ0v) is 22.4. The van der Waals surface area contributed by atoms with Crippen molar-refractivity contribution >= 4 is 14.3 Å². The molecular formula is C27H48O3Si. The van der Waals surface area contributed by atoms with Gasteiger partial charge in [-0.25, -0.2) is 0 Å². The van der Waals surface area contributed by atoms with E-state index in [4.69, 9.17) is 9.16 Å². The first kappa shape index (κ1) is 23.8. The molecule has 0 spiro atoms. The number of hydrogen-bond donors (Lipinski definition) is 0. The molecule has 4 fully saturated rings. The number of fused-ring (bicyclic) bond motifs is 5. The van der Waals surface area contributed by atoms with Crippen LogP contribution in [0.15, 0.2) is 0 Å². The molecule has 178 valence electrons. The Kier molecular flexibility index (Phi) is 6.25. The summed E-state index contributed by atoms with van der Waals surface area (Å²) in [6.07, 6.45) is 13.3. The molecule has 0 bridgehead atoms. The lowest BCUT2D eigenvalue weighted by Gasteiger charge is -2.62. The third-order valence-corrected chi connectivity index (χ3v) is 15.4. The van der Waals surface area contributed by atoms with E-state index in [9.17, 15) is 4.79 Å². The third-order valence-electron chi connectivity index (χ3n) is 10.9. The number of carbonyl (C=O) groups is 1. The Morgan fingerprint density at radius 3 is 2.35 bits per heavy atom. The molecule has 4 saturated carbocycles. The first-order valence-electron chi connectivity index (χ1n) is 13.2. The first-order valence-corrected chi connectivity index (χ1v) is 16.1. The van der Waals surface area contributed by atoms with Crippen LogP contribution >= 0.6 is 0 Å². The van der Waals surface area contributed by atoms with Gasteiger partial charge in [-0.1, -0.05) is 47.0 Å². The molecule has 0 aromatic heterocycles. The van der Waals surface area contributed by atoms with Crippen LogP contribution in [0.4, 0.5) is 0 Å². The third kappa shape index (κ3) is 4.07. The van der Waals surface area contributed by atoms with Gasteiger partial charge in [-0.2, -0.15) is 0 Å². The summed E-state index contributed by atoms with van der Waals surface area (Å²) < 4.78 is 12.9. The molecule has 4 heteroatoms. The Morgan fingerprint density at radius 2 is 1.68 bits per heavy atom. The maximum atomic E-state index is 12.0. The minimum Gasteiger partial charge on any atom is -0.462 e. The lowest BCUT2D eigenvalue weighted by molar-refractivity contribution is -0.185. The Hall–Kier alpha value is -0.353. The summed E-state index contributed by atoms with van der Waals surface area (Å²) in [6.45, 7) is 17.0. The molecule has 0 heterocycles. The van der Waals surface area contributed by atoms with Crippen molar-refractivity contribution in [2.24, 2.45) is 34.5 Å². The molecule has 0 aliphatic heterocycles. The second-order valence-electron chi connectivity index (χ2n) is 13.5. The molecule has 0 saturated heterocycles. The molecule has 0 aromatic rings. The van der Waals surface area contributed by atoms with Crippen molar-refractivity contribution in [2.75, 3.05) is 6.61 Å². The van der Waals surface area contributed by atoms with E-state index < -0.39 is 8.32 Å². The second kappa shape index (κ2) is 8.15. The fourth-order valence-corrected chi connectivity index (χ4v) is 9.33. The van der Waals surface area contributed by atoms with Crippen LogP contribution in [0.1, 0.15) is 98.8 Å². The molecule has 0 amide bonds. The van der Waals surface area contributed by atoms with Crippen molar-refractivity contribution in [3.05, 3.63) is 0 Å². The summed E-state index contributed by atoms with van der Waals surface area (Å²) in [6, 6.07) is 0. The van der Waals surface area contributed by atoms with Gasteiger partial charge in [-0.05, 0) is 91.7 Å². The smallest absolute Gasteiger partial charge is 0.302 e. The highest BCUT2D eigenvalue weighted by atomic mass is 28.4. The highest BCUT2D eigenvalue weighted by molar-refractivity contribution is 6.74. The molecule has 0 radical (unpaired) electrons. The normalized spacial score (nSPS) is 43.0. The van der Waals surface area contributed by atoms with Crippen LogP contribution in [0, 0.1) is 34.5 Å². The summed E-state index contributed by atoms with van der Waals surface area (Å²) in [7, 11) is -1.75. The van der Waals surface area contributed by atoms with Crippen LogP contribution in [0.5, 0.6) is 0 Å². The number of hydrogen-bond acceptors (Lipinski definition) is 3.